The van der Waals surface area contributed by atoms with Crippen molar-refractivity contribution < 1.29 is 9.59 Å². The Kier molecular flexibility index (Phi) is 7.09. The van der Waals surface area contributed by atoms with E-state index in [9.17, 15) is 9.59 Å². The van der Waals surface area contributed by atoms with E-state index in [4.69, 9.17) is 0 Å². The van der Waals surface area contributed by atoms with Gasteiger partial charge >= 0.3 is 0 Å². The Morgan fingerprint density at radius 3 is 2.28 bits per heavy atom. The molecular weight excluding hydrogens is 380 g/mol. The van der Waals surface area contributed by atoms with E-state index in [1.165, 1.54) is 17.3 Å². The van der Waals surface area contributed by atoms with Crippen LogP contribution in [0.2, 0.25) is 0 Å². The van der Waals surface area contributed by atoms with Gasteiger partial charge in [0.1, 0.15) is 0 Å². The molecule has 0 fully saturated rings. The van der Waals surface area contributed by atoms with E-state index in [-0.39, 0.29) is 23.6 Å². The first-order chi connectivity index (χ1) is 14.0. The van der Waals surface area contributed by atoms with Crippen LogP contribution in [0.25, 0.3) is 0 Å². The zero-order valence-electron chi connectivity index (χ0n) is 16.5. The van der Waals surface area contributed by atoms with Gasteiger partial charge in [-0.25, -0.2) is 0 Å². The van der Waals surface area contributed by atoms with Gasteiger partial charge in [0, 0.05) is 4.90 Å². The average molecular weight is 405 g/mol. The lowest BCUT2D eigenvalue weighted by Crippen LogP contribution is -2.28. The predicted molar refractivity (Wildman–Crippen MR) is 119 cm³/mol. The van der Waals surface area contributed by atoms with Crippen LogP contribution < -0.4 is 10.6 Å². The minimum atomic E-state index is -0.219. The average Bonchev–Trinajstić information content (AvgIpc) is 2.74. The fraction of sp³-hybridized carbons (Fsp3) is 0.167. The monoisotopic (exact) mass is 404 g/mol. The summed E-state index contributed by atoms with van der Waals surface area (Å²) in [4.78, 5) is 26.2. The van der Waals surface area contributed by atoms with Crippen LogP contribution >= 0.6 is 11.8 Å². The van der Waals surface area contributed by atoms with Gasteiger partial charge in [0.25, 0.3) is 5.91 Å². The van der Waals surface area contributed by atoms with Crippen molar-refractivity contribution in [2.75, 3.05) is 11.1 Å². The smallest absolute Gasteiger partial charge is 0.253 e. The van der Waals surface area contributed by atoms with Crippen LogP contribution in [-0.2, 0) is 4.79 Å². The lowest BCUT2D eigenvalue weighted by atomic mass is 10.1. The minimum Gasteiger partial charge on any atom is -0.345 e. The number of para-hydroxylation sites is 1. The zero-order valence-corrected chi connectivity index (χ0v) is 17.3. The van der Waals surface area contributed by atoms with Crippen molar-refractivity contribution >= 4 is 29.3 Å². The number of anilines is 1. The summed E-state index contributed by atoms with van der Waals surface area (Å²) in [6, 6.07) is 24.7. The fourth-order valence-electron chi connectivity index (χ4n) is 2.86. The maximum Gasteiger partial charge on any atom is 0.253 e. The topological polar surface area (TPSA) is 58.2 Å². The molecule has 0 spiro atoms. The van der Waals surface area contributed by atoms with Gasteiger partial charge in [-0.1, -0.05) is 60.2 Å². The van der Waals surface area contributed by atoms with E-state index >= 15 is 0 Å². The van der Waals surface area contributed by atoms with E-state index in [2.05, 4.69) is 10.6 Å². The molecule has 5 heteroatoms. The Bertz CT molecular complexity index is 972. The lowest BCUT2D eigenvalue weighted by Gasteiger charge is -2.16. The molecule has 29 heavy (non-hydrogen) atoms. The number of hydrogen-bond acceptors (Lipinski definition) is 3. The largest absolute Gasteiger partial charge is 0.345 e. The first-order valence-electron chi connectivity index (χ1n) is 9.47. The van der Waals surface area contributed by atoms with E-state index < -0.39 is 0 Å². The molecule has 0 aliphatic carbocycles. The molecule has 0 aliphatic rings. The molecule has 3 aromatic rings. The predicted octanol–water partition coefficient (Wildman–Crippen LogP) is 5.22. The zero-order chi connectivity index (χ0) is 20.6. The number of rotatable bonds is 7. The maximum atomic E-state index is 12.8. The van der Waals surface area contributed by atoms with E-state index in [1.807, 2.05) is 68.4 Å². The van der Waals surface area contributed by atoms with Gasteiger partial charge in [0.15, 0.2) is 0 Å². The van der Waals surface area contributed by atoms with E-state index in [1.54, 1.807) is 24.3 Å². The van der Waals surface area contributed by atoms with Crippen molar-refractivity contribution in [2.24, 2.45) is 0 Å². The summed E-state index contributed by atoms with van der Waals surface area (Å²) in [6.07, 6.45) is 0. The van der Waals surface area contributed by atoms with Gasteiger partial charge in [-0.3, -0.25) is 9.59 Å². The molecule has 0 saturated heterocycles. The molecule has 0 radical (unpaired) electrons. The normalized spacial score (nSPS) is 11.5. The van der Waals surface area contributed by atoms with Crippen LogP contribution in [0.5, 0.6) is 0 Å². The maximum absolute atomic E-state index is 12.8. The summed E-state index contributed by atoms with van der Waals surface area (Å²) in [5.74, 6) is -0.0882. The Labute approximate surface area is 175 Å². The highest BCUT2D eigenvalue weighted by molar-refractivity contribution is 8.00. The van der Waals surface area contributed by atoms with Gasteiger partial charge < -0.3 is 10.6 Å². The Morgan fingerprint density at radius 2 is 1.55 bits per heavy atom. The van der Waals surface area contributed by atoms with Gasteiger partial charge in [0.2, 0.25) is 5.91 Å². The molecular formula is C24H24N2O2S. The first kappa shape index (κ1) is 20.7. The third-order valence-electron chi connectivity index (χ3n) is 4.48. The highest BCUT2D eigenvalue weighted by Gasteiger charge is 2.16. The molecule has 0 bridgehead atoms. The second-order valence-corrected chi connectivity index (χ2v) is 7.85. The molecule has 148 valence electrons. The number of benzene rings is 3. The molecule has 0 unspecified atom stereocenters. The first-order valence-corrected chi connectivity index (χ1v) is 10.5. The SMILES string of the molecule is Cc1ccc(SCC(=O)Nc2ccccc2C(=O)N[C@@H](C)c2ccccc2)cc1. The van der Waals surface area contributed by atoms with Gasteiger partial charge in [-0.15, -0.1) is 11.8 Å². The van der Waals surface area contributed by atoms with Crippen LogP contribution in [0, 0.1) is 6.92 Å². The summed E-state index contributed by atoms with van der Waals surface area (Å²) < 4.78 is 0. The number of carbonyl (C=O) groups is 2. The summed E-state index contributed by atoms with van der Waals surface area (Å²) in [6.45, 7) is 3.97. The van der Waals surface area contributed by atoms with Crippen LogP contribution in [0.3, 0.4) is 0 Å². The highest BCUT2D eigenvalue weighted by Crippen LogP contribution is 2.21. The Morgan fingerprint density at radius 1 is 0.897 bits per heavy atom. The number of hydrogen-bond donors (Lipinski definition) is 2. The second-order valence-electron chi connectivity index (χ2n) is 6.80. The van der Waals surface area contributed by atoms with E-state index in [0.717, 1.165) is 10.5 Å². The van der Waals surface area contributed by atoms with Crippen molar-refractivity contribution in [3.05, 3.63) is 95.6 Å². The van der Waals surface area contributed by atoms with Crippen molar-refractivity contribution in [3.8, 4) is 0 Å². The third kappa shape index (κ3) is 5.96. The van der Waals surface area contributed by atoms with Crippen LogP contribution in [0.15, 0.2) is 83.8 Å². The number of carbonyl (C=O) groups excluding carboxylic acids is 2. The molecule has 3 aromatic carbocycles. The van der Waals surface area contributed by atoms with Crippen LogP contribution in [0.1, 0.15) is 34.5 Å². The Balaban J connectivity index is 1.62. The van der Waals surface area contributed by atoms with Gasteiger partial charge in [0.05, 0.1) is 23.0 Å². The minimum absolute atomic E-state index is 0.135. The summed E-state index contributed by atoms with van der Waals surface area (Å²) in [7, 11) is 0. The van der Waals surface area contributed by atoms with Crippen molar-refractivity contribution in [2.45, 2.75) is 24.8 Å². The van der Waals surface area contributed by atoms with Crippen LogP contribution in [0.4, 0.5) is 5.69 Å². The standard InChI is InChI=1S/C24H24N2O2S/c1-17-12-14-20(15-13-17)29-16-23(27)26-22-11-7-6-10-21(22)24(28)25-18(2)19-8-4-3-5-9-19/h3-15,18H,16H2,1-2H3,(H,25,28)(H,26,27)/t18-/m0/s1. The summed E-state index contributed by atoms with van der Waals surface area (Å²) in [5.41, 5.74) is 3.17. The molecule has 3 rings (SSSR count). The molecule has 1 atom stereocenters. The molecule has 0 heterocycles. The number of amides is 2. The second kappa shape index (κ2) is 9.94. The lowest BCUT2D eigenvalue weighted by molar-refractivity contribution is -0.113. The summed E-state index contributed by atoms with van der Waals surface area (Å²) >= 11 is 1.47. The fourth-order valence-corrected chi connectivity index (χ4v) is 3.56. The molecule has 2 N–H and O–H groups in total. The van der Waals surface area contributed by atoms with Crippen molar-refractivity contribution in [1.82, 2.24) is 5.32 Å². The van der Waals surface area contributed by atoms with Crippen molar-refractivity contribution in [1.29, 1.82) is 0 Å². The van der Waals surface area contributed by atoms with Crippen molar-refractivity contribution in [3.63, 3.8) is 0 Å². The Hall–Kier alpha value is -3.05. The van der Waals surface area contributed by atoms with Crippen LogP contribution in [-0.4, -0.2) is 17.6 Å². The molecule has 4 nitrogen and oxygen atoms in total. The molecule has 2 amide bonds. The summed E-state index contributed by atoms with van der Waals surface area (Å²) in [5, 5.41) is 5.86. The quantitative estimate of drug-likeness (QED) is 0.531. The highest BCUT2D eigenvalue weighted by atomic mass is 32.2. The van der Waals surface area contributed by atoms with Gasteiger partial charge in [-0.05, 0) is 43.7 Å². The molecule has 0 aromatic heterocycles. The number of thioether (sulfide) groups is 1. The number of nitrogens with one attached hydrogen (secondary N) is 2. The number of aryl methyl sites for hydroxylation is 1. The molecule has 0 saturated carbocycles. The van der Waals surface area contributed by atoms with E-state index in [0.29, 0.717) is 11.3 Å². The van der Waals surface area contributed by atoms with Gasteiger partial charge in [-0.2, -0.15) is 0 Å². The molecule has 0 aliphatic heterocycles. The third-order valence-corrected chi connectivity index (χ3v) is 5.50.